The van der Waals surface area contributed by atoms with Crippen LogP contribution in [0.1, 0.15) is 31.3 Å². The fourth-order valence-corrected chi connectivity index (χ4v) is 1.15. The molecule has 1 rings (SSSR count). The molecule has 0 atom stereocenters. The van der Waals surface area contributed by atoms with E-state index in [9.17, 15) is 4.79 Å². The Labute approximate surface area is 90.2 Å². The summed E-state index contributed by atoms with van der Waals surface area (Å²) in [5.74, 6) is -0.397. The molecule has 0 aliphatic rings. The second-order valence-corrected chi connectivity index (χ2v) is 4.77. The highest BCUT2D eigenvalue weighted by atomic mass is 127. The highest BCUT2D eigenvalue weighted by Gasteiger charge is 2.19. The number of ether oxygens (including phenoxy) is 1. The first-order valence-corrected chi connectivity index (χ1v) is 4.90. The first kappa shape index (κ1) is 10.5. The fourth-order valence-electron chi connectivity index (χ4n) is 0.733. The summed E-state index contributed by atoms with van der Waals surface area (Å²) in [6.07, 6.45) is 0. The van der Waals surface area contributed by atoms with E-state index in [1.54, 1.807) is 6.07 Å². The molecular formula is C8H11IN2O2. The maximum Gasteiger partial charge on any atom is 0.359 e. The van der Waals surface area contributed by atoms with Crippen LogP contribution in [0.5, 0.6) is 0 Å². The summed E-state index contributed by atoms with van der Waals surface area (Å²) in [6.45, 7) is 5.47. The van der Waals surface area contributed by atoms with E-state index in [-0.39, 0.29) is 0 Å². The average Bonchev–Trinajstić information content (AvgIpc) is 2.31. The van der Waals surface area contributed by atoms with Crippen molar-refractivity contribution in [2.45, 2.75) is 26.4 Å². The number of aromatic nitrogens is 2. The fraction of sp³-hybridized carbons (Fsp3) is 0.500. The second-order valence-electron chi connectivity index (χ2n) is 3.60. The van der Waals surface area contributed by atoms with E-state index < -0.39 is 11.6 Å². The number of hydrogen-bond donors (Lipinski definition) is 1. The molecule has 13 heavy (non-hydrogen) atoms. The van der Waals surface area contributed by atoms with Crippen molar-refractivity contribution in [2.75, 3.05) is 0 Å². The summed E-state index contributed by atoms with van der Waals surface area (Å²) in [6, 6.07) is 1.65. The molecule has 0 aliphatic heterocycles. The summed E-state index contributed by atoms with van der Waals surface area (Å²) in [5, 5.41) is 6.46. The van der Waals surface area contributed by atoms with E-state index in [1.165, 1.54) is 0 Å². The van der Waals surface area contributed by atoms with E-state index >= 15 is 0 Å². The Morgan fingerprint density at radius 1 is 1.62 bits per heavy atom. The Balaban J connectivity index is 2.70. The number of aromatic amines is 1. The van der Waals surface area contributed by atoms with Crippen molar-refractivity contribution in [2.24, 2.45) is 0 Å². The zero-order valence-corrected chi connectivity index (χ0v) is 9.88. The molecule has 1 N–H and O–H groups in total. The summed E-state index contributed by atoms with van der Waals surface area (Å²) >= 11 is 2.05. The third-order valence-corrected chi connectivity index (χ3v) is 1.71. The topological polar surface area (TPSA) is 55.0 Å². The Morgan fingerprint density at radius 3 is 2.62 bits per heavy atom. The molecule has 0 fully saturated rings. The van der Waals surface area contributed by atoms with Crippen LogP contribution in [0.3, 0.4) is 0 Å². The molecule has 0 aliphatic carbocycles. The van der Waals surface area contributed by atoms with Crippen molar-refractivity contribution in [3.8, 4) is 0 Å². The number of carbonyl (C=O) groups excluding carboxylic acids is 1. The minimum Gasteiger partial charge on any atom is -0.455 e. The van der Waals surface area contributed by atoms with Gasteiger partial charge >= 0.3 is 5.97 Å². The normalized spacial score (nSPS) is 11.4. The predicted octanol–water partition coefficient (Wildman–Crippen LogP) is 1.97. The van der Waals surface area contributed by atoms with E-state index in [1.807, 2.05) is 43.4 Å². The van der Waals surface area contributed by atoms with Crippen molar-refractivity contribution >= 4 is 28.6 Å². The van der Waals surface area contributed by atoms with Crippen molar-refractivity contribution in [3.05, 3.63) is 15.5 Å². The number of hydrogen-bond acceptors (Lipinski definition) is 3. The third-order valence-electron chi connectivity index (χ3n) is 1.15. The highest BCUT2D eigenvalue weighted by Crippen LogP contribution is 2.11. The largest absolute Gasteiger partial charge is 0.455 e. The van der Waals surface area contributed by atoms with Crippen molar-refractivity contribution in [3.63, 3.8) is 0 Å². The zero-order chi connectivity index (χ0) is 10.1. The van der Waals surface area contributed by atoms with Gasteiger partial charge in [-0.25, -0.2) is 4.79 Å². The molecular weight excluding hydrogens is 283 g/mol. The summed E-state index contributed by atoms with van der Waals surface area (Å²) < 4.78 is 5.93. The molecule has 0 saturated heterocycles. The van der Waals surface area contributed by atoms with E-state index in [2.05, 4.69) is 10.2 Å². The molecule has 0 unspecified atom stereocenters. The van der Waals surface area contributed by atoms with Crippen LogP contribution in [-0.4, -0.2) is 21.8 Å². The molecule has 5 heteroatoms. The van der Waals surface area contributed by atoms with Gasteiger partial charge in [0.25, 0.3) is 0 Å². The Hall–Kier alpha value is -0.590. The Bertz CT molecular complexity index is 314. The van der Waals surface area contributed by atoms with Crippen LogP contribution in [0, 0.1) is 3.70 Å². The Kier molecular flexibility index (Phi) is 2.94. The minimum atomic E-state index is -0.471. The number of nitrogens with zero attached hydrogens (tertiary/aromatic N) is 1. The summed E-state index contributed by atoms with van der Waals surface area (Å²) in [5.41, 5.74) is -0.152. The molecule has 72 valence electrons. The molecule has 0 spiro atoms. The maximum atomic E-state index is 11.4. The number of rotatable bonds is 1. The molecule has 4 nitrogen and oxygen atoms in total. The summed E-state index contributed by atoms with van der Waals surface area (Å²) in [4.78, 5) is 11.4. The molecule has 1 aromatic heterocycles. The van der Waals surface area contributed by atoms with E-state index in [4.69, 9.17) is 4.74 Å². The third kappa shape index (κ3) is 3.33. The van der Waals surface area contributed by atoms with Crippen LogP contribution in [0.2, 0.25) is 0 Å². The predicted molar refractivity (Wildman–Crippen MR) is 56.5 cm³/mol. The number of nitrogens with one attached hydrogen (secondary N) is 1. The number of esters is 1. The molecule has 0 radical (unpaired) electrons. The van der Waals surface area contributed by atoms with Crippen LogP contribution in [0.15, 0.2) is 6.07 Å². The number of H-pyrrole nitrogens is 1. The first-order chi connectivity index (χ1) is 5.88. The lowest BCUT2D eigenvalue weighted by molar-refractivity contribution is 0.00628. The lowest BCUT2D eigenvalue weighted by Gasteiger charge is -2.18. The summed E-state index contributed by atoms with van der Waals surface area (Å²) in [7, 11) is 0. The quantitative estimate of drug-likeness (QED) is 0.636. The van der Waals surface area contributed by atoms with Crippen LogP contribution >= 0.6 is 22.6 Å². The molecule has 1 heterocycles. The van der Waals surface area contributed by atoms with Gasteiger partial charge in [-0.1, -0.05) is 0 Å². The highest BCUT2D eigenvalue weighted by molar-refractivity contribution is 14.1. The molecule has 1 aromatic rings. The van der Waals surface area contributed by atoms with Crippen molar-refractivity contribution in [1.29, 1.82) is 0 Å². The van der Waals surface area contributed by atoms with E-state index in [0.717, 1.165) is 3.70 Å². The smallest absolute Gasteiger partial charge is 0.359 e. The zero-order valence-electron chi connectivity index (χ0n) is 7.72. The second kappa shape index (κ2) is 3.65. The molecule has 0 bridgehead atoms. The van der Waals surface area contributed by atoms with Crippen molar-refractivity contribution in [1.82, 2.24) is 10.2 Å². The van der Waals surface area contributed by atoms with Crippen molar-refractivity contribution < 1.29 is 9.53 Å². The van der Waals surface area contributed by atoms with Gasteiger partial charge in [0.15, 0.2) is 5.69 Å². The molecule has 0 aromatic carbocycles. The SMILES string of the molecule is CC(C)(C)OC(=O)c1cc(I)[nH]n1. The lowest BCUT2D eigenvalue weighted by Crippen LogP contribution is -2.24. The van der Waals surface area contributed by atoms with Gasteiger partial charge in [-0.3, -0.25) is 5.10 Å². The van der Waals surface area contributed by atoms with Gasteiger partial charge < -0.3 is 4.74 Å². The van der Waals surface area contributed by atoms with Gasteiger partial charge in [-0.05, 0) is 43.4 Å². The van der Waals surface area contributed by atoms with E-state index in [0.29, 0.717) is 5.69 Å². The lowest BCUT2D eigenvalue weighted by atomic mass is 10.2. The first-order valence-electron chi connectivity index (χ1n) is 3.83. The molecule has 0 saturated carbocycles. The standard InChI is InChI=1S/C8H11IN2O2/c1-8(2,3)13-7(12)5-4-6(9)11-10-5/h4H,1-3H3,(H,10,11). The Morgan fingerprint density at radius 2 is 2.23 bits per heavy atom. The van der Waals surface area contributed by atoms with Crippen LogP contribution in [-0.2, 0) is 4.74 Å². The van der Waals surface area contributed by atoms with Gasteiger partial charge in [0.2, 0.25) is 0 Å². The molecule has 0 amide bonds. The van der Waals surface area contributed by atoms with Gasteiger partial charge in [0.1, 0.15) is 5.60 Å². The minimum absolute atomic E-state index is 0.319. The van der Waals surface area contributed by atoms with Gasteiger partial charge in [0.05, 0.1) is 3.70 Å². The van der Waals surface area contributed by atoms with Gasteiger partial charge in [-0.2, -0.15) is 5.10 Å². The van der Waals surface area contributed by atoms with Crippen LogP contribution < -0.4 is 0 Å². The number of halogens is 1. The van der Waals surface area contributed by atoms with Gasteiger partial charge in [-0.15, -0.1) is 0 Å². The maximum absolute atomic E-state index is 11.4. The van der Waals surface area contributed by atoms with Crippen LogP contribution in [0.4, 0.5) is 0 Å². The number of carbonyl (C=O) groups is 1. The van der Waals surface area contributed by atoms with Crippen LogP contribution in [0.25, 0.3) is 0 Å². The monoisotopic (exact) mass is 294 g/mol. The van der Waals surface area contributed by atoms with Gasteiger partial charge in [0, 0.05) is 6.07 Å². The average molecular weight is 294 g/mol.